The molecule has 3 heteroatoms. The van der Waals surface area contributed by atoms with Crippen molar-refractivity contribution in [3.63, 3.8) is 0 Å². The van der Waals surface area contributed by atoms with Crippen molar-refractivity contribution in [3.05, 3.63) is 64.7 Å². The second kappa shape index (κ2) is 5.89. The van der Waals surface area contributed by atoms with E-state index < -0.39 is 0 Å². The zero-order chi connectivity index (χ0) is 13.0. The van der Waals surface area contributed by atoms with Crippen molar-refractivity contribution < 1.29 is 4.74 Å². The monoisotopic (exact) mass is 261 g/mol. The van der Waals surface area contributed by atoms with Crippen molar-refractivity contribution in [3.8, 4) is 5.75 Å². The molecule has 0 fully saturated rings. The van der Waals surface area contributed by atoms with Gasteiger partial charge in [-0.3, -0.25) is 0 Å². The van der Waals surface area contributed by atoms with Gasteiger partial charge in [-0.1, -0.05) is 35.9 Å². The van der Waals surface area contributed by atoms with Crippen LogP contribution >= 0.6 is 11.6 Å². The molecule has 0 aromatic heterocycles. The average Bonchev–Trinajstić information content (AvgIpc) is 2.37. The summed E-state index contributed by atoms with van der Waals surface area (Å²) in [6.07, 6.45) is 0. The van der Waals surface area contributed by atoms with Gasteiger partial charge in [-0.15, -0.1) is 0 Å². The lowest BCUT2D eigenvalue weighted by Gasteiger charge is -2.14. The fourth-order valence-corrected chi connectivity index (χ4v) is 1.82. The molecule has 0 radical (unpaired) electrons. The van der Waals surface area contributed by atoms with Crippen LogP contribution in [0.15, 0.2) is 48.5 Å². The van der Waals surface area contributed by atoms with E-state index in [1.165, 1.54) is 5.56 Å². The van der Waals surface area contributed by atoms with Crippen LogP contribution in [0.5, 0.6) is 5.75 Å². The van der Waals surface area contributed by atoms with E-state index in [2.05, 4.69) is 0 Å². The molecule has 0 spiro atoms. The minimum Gasteiger partial charge on any atom is -0.492 e. The van der Waals surface area contributed by atoms with Gasteiger partial charge in [-0.05, 0) is 42.3 Å². The summed E-state index contributed by atoms with van der Waals surface area (Å²) >= 11 is 5.83. The fourth-order valence-electron chi connectivity index (χ4n) is 1.70. The predicted molar refractivity (Wildman–Crippen MR) is 75.1 cm³/mol. The zero-order valence-electron chi connectivity index (χ0n) is 10.3. The SMILES string of the molecule is Cc1cccc(OCC(N)c2ccc(Cl)cc2)c1. The molecule has 18 heavy (non-hydrogen) atoms. The number of hydrogen-bond acceptors (Lipinski definition) is 2. The van der Waals surface area contributed by atoms with Crippen molar-refractivity contribution in [2.24, 2.45) is 5.73 Å². The Kier molecular flexibility index (Phi) is 4.24. The first-order chi connectivity index (χ1) is 8.65. The van der Waals surface area contributed by atoms with E-state index in [0.717, 1.165) is 11.3 Å². The lowest BCUT2D eigenvalue weighted by molar-refractivity contribution is 0.290. The number of benzene rings is 2. The van der Waals surface area contributed by atoms with Crippen LogP contribution in [0.4, 0.5) is 0 Å². The zero-order valence-corrected chi connectivity index (χ0v) is 11.0. The highest BCUT2D eigenvalue weighted by atomic mass is 35.5. The summed E-state index contributed by atoms with van der Waals surface area (Å²) in [6, 6.07) is 15.3. The number of halogens is 1. The predicted octanol–water partition coefficient (Wildman–Crippen LogP) is 3.73. The first-order valence-electron chi connectivity index (χ1n) is 5.85. The van der Waals surface area contributed by atoms with Gasteiger partial charge in [0.1, 0.15) is 12.4 Å². The number of nitrogens with two attached hydrogens (primary N) is 1. The van der Waals surface area contributed by atoms with Crippen molar-refractivity contribution >= 4 is 11.6 Å². The number of ether oxygens (including phenoxy) is 1. The number of hydrogen-bond donors (Lipinski definition) is 1. The standard InChI is InChI=1S/C15H16ClNO/c1-11-3-2-4-14(9-11)18-10-15(17)12-5-7-13(16)8-6-12/h2-9,15H,10,17H2,1H3. The molecule has 2 aromatic rings. The lowest BCUT2D eigenvalue weighted by atomic mass is 10.1. The third-order valence-corrected chi connectivity index (χ3v) is 2.97. The maximum atomic E-state index is 6.06. The molecule has 0 aliphatic carbocycles. The maximum Gasteiger partial charge on any atom is 0.119 e. The van der Waals surface area contributed by atoms with E-state index in [4.69, 9.17) is 22.1 Å². The first kappa shape index (κ1) is 12.9. The van der Waals surface area contributed by atoms with Crippen LogP contribution in [0.2, 0.25) is 5.02 Å². The van der Waals surface area contributed by atoms with E-state index in [0.29, 0.717) is 11.6 Å². The molecule has 2 N–H and O–H groups in total. The second-order valence-corrected chi connectivity index (χ2v) is 4.72. The third-order valence-electron chi connectivity index (χ3n) is 2.72. The Morgan fingerprint density at radius 1 is 1.17 bits per heavy atom. The van der Waals surface area contributed by atoms with Crippen LogP contribution in [-0.4, -0.2) is 6.61 Å². The highest BCUT2D eigenvalue weighted by molar-refractivity contribution is 6.30. The average molecular weight is 262 g/mol. The van der Waals surface area contributed by atoms with Crippen LogP contribution in [0, 0.1) is 6.92 Å². The largest absolute Gasteiger partial charge is 0.492 e. The van der Waals surface area contributed by atoms with Crippen LogP contribution in [0.1, 0.15) is 17.2 Å². The molecule has 0 amide bonds. The van der Waals surface area contributed by atoms with Gasteiger partial charge in [0, 0.05) is 5.02 Å². The van der Waals surface area contributed by atoms with Crippen LogP contribution in [-0.2, 0) is 0 Å². The van der Waals surface area contributed by atoms with Crippen LogP contribution < -0.4 is 10.5 Å². The minimum atomic E-state index is -0.150. The summed E-state index contributed by atoms with van der Waals surface area (Å²) in [5.74, 6) is 0.847. The van der Waals surface area contributed by atoms with E-state index in [-0.39, 0.29) is 6.04 Å². The Bertz CT molecular complexity index is 510. The van der Waals surface area contributed by atoms with E-state index in [9.17, 15) is 0 Å². The van der Waals surface area contributed by atoms with E-state index in [1.807, 2.05) is 55.5 Å². The molecule has 94 valence electrons. The molecule has 0 aliphatic rings. The van der Waals surface area contributed by atoms with E-state index in [1.54, 1.807) is 0 Å². The van der Waals surface area contributed by atoms with Crippen molar-refractivity contribution in [1.29, 1.82) is 0 Å². The van der Waals surface area contributed by atoms with Gasteiger partial charge < -0.3 is 10.5 Å². The molecule has 2 aromatic carbocycles. The molecule has 0 bridgehead atoms. The first-order valence-corrected chi connectivity index (χ1v) is 6.23. The third kappa shape index (κ3) is 3.49. The smallest absolute Gasteiger partial charge is 0.119 e. The summed E-state index contributed by atoms with van der Waals surface area (Å²) in [7, 11) is 0. The molecule has 2 nitrogen and oxygen atoms in total. The highest BCUT2D eigenvalue weighted by Crippen LogP contribution is 2.17. The highest BCUT2D eigenvalue weighted by Gasteiger charge is 2.06. The molecular formula is C15H16ClNO. The Morgan fingerprint density at radius 2 is 1.89 bits per heavy atom. The maximum absolute atomic E-state index is 6.06. The molecule has 1 unspecified atom stereocenters. The molecule has 0 saturated carbocycles. The van der Waals surface area contributed by atoms with Crippen molar-refractivity contribution in [1.82, 2.24) is 0 Å². The summed E-state index contributed by atoms with van der Waals surface area (Å²) in [5, 5.41) is 0.713. The van der Waals surface area contributed by atoms with Gasteiger partial charge in [-0.2, -0.15) is 0 Å². The number of aryl methyl sites for hydroxylation is 1. The van der Waals surface area contributed by atoms with Gasteiger partial charge in [-0.25, -0.2) is 0 Å². The summed E-state index contributed by atoms with van der Waals surface area (Å²) < 4.78 is 5.68. The molecule has 2 rings (SSSR count). The lowest BCUT2D eigenvalue weighted by Crippen LogP contribution is -2.18. The van der Waals surface area contributed by atoms with Crippen LogP contribution in [0.25, 0.3) is 0 Å². The molecule has 0 saturated heterocycles. The van der Waals surface area contributed by atoms with Gasteiger partial charge in [0.15, 0.2) is 0 Å². The second-order valence-electron chi connectivity index (χ2n) is 4.29. The molecule has 0 heterocycles. The Morgan fingerprint density at radius 3 is 2.56 bits per heavy atom. The quantitative estimate of drug-likeness (QED) is 0.910. The Labute approximate surface area is 112 Å². The number of rotatable bonds is 4. The Hall–Kier alpha value is -1.51. The van der Waals surface area contributed by atoms with Crippen molar-refractivity contribution in [2.45, 2.75) is 13.0 Å². The molecule has 1 atom stereocenters. The molecule has 0 aliphatic heterocycles. The van der Waals surface area contributed by atoms with Gasteiger partial charge in [0.25, 0.3) is 0 Å². The minimum absolute atomic E-state index is 0.150. The van der Waals surface area contributed by atoms with Gasteiger partial charge >= 0.3 is 0 Å². The Balaban J connectivity index is 1.96. The fraction of sp³-hybridized carbons (Fsp3) is 0.200. The normalized spacial score (nSPS) is 12.2. The summed E-state index contributed by atoms with van der Waals surface area (Å²) in [5.41, 5.74) is 8.26. The summed E-state index contributed by atoms with van der Waals surface area (Å²) in [6.45, 7) is 2.48. The van der Waals surface area contributed by atoms with Crippen molar-refractivity contribution in [2.75, 3.05) is 6.61 Å². The van der Waals surface area contributed by atoms with Gasteiger partial charge in [0.2, 0.25) is 0 Å². The molecular weight excluding hydrogens is 246 g/mol. The topological polar surface area (TPSA) is 35.2 Å². The van der Waals surface area contributed by atoms with E-state index >= 15 is 0 Å². The van der Waals surface area contributed by atoms with Crippen LogP contribution in [0.3, 0.4) is 0 Å². The van der Waals surface area contributed by atoms with Gasteiger partial charge in [0.05, 0.1) is 6.04 Å². The summed E-state index contributed by atoms with van der Waals surface area (Å²) in [4.78, 5) is 0.